The molecule has 3 aromatic rings. The molecule has 15 heavy (non-hydrogen) atoms. The van der Waals surface area contributed by atoms with Crippen molar-refractivity contribution < 1.29 is 21.1 Å². The van der Waals surface area contributed by atoms with Crippen LogP contribution in [0.2, 0.25) is 0 Å². The molecule has 0 atom stereocenters. The number of benzene rings is 2. The van der Waals surface area contributed by atoms with Gasteiger partial charge >= 0.3 is 0 Å². The van der Waals surface area contributed by atoms with Crippen LogP contribution in [-0.4, -0.2) is 9.97 Å². The SMILES string of the molecule is [Pt].c1ccc2nc3ccccc3nc2c1. The summed E-state index contributed by atoms with van der Waals surface area (Å²) in [5.74, 6) is 0. The van der Waals surface area contributed by atoms with Crippen LogP contribution in [0.15, 0.2) is 48.5 Å². The predicted octanol–water partition coefficient (Wildman–Crippen LogP) is 2.78. The third-order valence-corrected chi connectivity index (χ3v) is 2.25. The van der Waals surface area contributed by atoms with Gasteiger partial charge in [0.25, 0.3) is 0 Å². The average molecular weight is 375 g/mol. The number of hydrogen-bond donors (Lipinski definition) is 0. The molecule has 3 rings (SSSR count). The van der Waals surface area contributed by atoms with Gasteiger partial charge in [-0.15, -0.1) is 0 Å². The van der Waals surface area contributed by atoms with Crippen molar-refractivity contribution in [3.05, 3.63) is 48.5 Å². The Morgan fingerprint density at radius 2 is 0.800 bits per heavy atom. The smallest absolute Gasteiger partial charge is 0.0894 e. The zero-order valence-corrected chi connectivity index (χ0v) is 10.1. The summed E-state index contributed by atoms with van der Waals surface area (Å²) in [5.41, 5.74) is 3.80. The Bertz CT molecular complexity index is 502. The number of aromatic nitrogens is 2. The fourth-order valence-corrected chi connectivity index (χ4v) is 1.57. The number of fused-ring (bicyclic) bond motifs is 2. The molecule has 0 N–H and O–H groups in total. The molecule has 3 heteroatoms. The normalized spacial score (nSPS) is 10.1. The Morgan fingerprint density at radius 1 is 0.533 bits per heavy atom. The largest absolute Gasteiger partial charge is 0.245 e. The minimum absolute atomic E-state index is 0. The average Bonchev–Trinajstić information content (AvgIpc) is 2.26. The molecule has 0 amide bonds. The predicted molar refractivity (Wildman–Crippen MR) is 57.0 cm³/mol. The van der Waals surface area contributed by atoms with E-state index in [0.717, 1.165) is 22.1 Å². The molecule has 0 spiro atoms. The standard InChI is InChI=1S/C12H8N2.Pt/c1-2-6-10-9(5-1)13-11-7-3-4-8-12(11)14-10;/h1-8H;. The minimum Gasteiger partial charge on any atom is -0.245 e. The Balaban J connectivity index is 0.000000853. The minimum atomic E-state index is 0. The van der Waals surface area contributed by atoms with Gasteiger partial charge in [0.05, 0.1) is 22.1 Å². The van der Waals surface area contributed by atoms with E-state index in [1.807, 2.05) is 48.5 Å². The van der Waals surface area contributed by atoms with Crippen LogP contribution in [0.1, 0.15) is 0 Å². The van der Waals surface area contributed by atoms with E-state index >= 15 is 0 Å². The molecule has 0 bridgehead atoms. The fourth-order valence-electron chi connectivity index (χ4n) is 1.57. The van der Waals surface area contributed by atoms with Gasteiger partial charge in [0, 0.05) is 21.1 Å². The summed E-state index contributed by atoms with van der Waals surface area (Å²) < 4.78 is 0. The molecule has 1 heterocycles. The molecule has 76 valence electrons. The van der Waals surface area contributed by atoms with Crippen molar-refractivity contribution in [2.24, 2.45) is 0 Å². The van der Waals surface area contributed by atoms with Crippen LogP contribution in [0.25, 0.3) is 22.1 Å². The van der Waals surface area contributed by atoms with Gasteiger partial charge in [-0.3, -0.25) is 0 Å². The van der Waals surface area contributed by atoms with Gasteiger partial charge in [-0.2, -0.15) is 0 Å². The van der Waals surface area contributed by atoms with Crippen molar-refractivity contribution in [3.8, 4) is 0 Å². The van der Waals surface area contributed by atoms with E-state index < -0.39 is 0 Å². The van der Waals surface area contributed by atoms with Gasteiger partial charge in [-0.05, 0) is 24.3 Å². The second-order valence-electron chi connectivity index (χ2n) is 3.20. The maximum atomic E-state index is 4.52. The molecular formula is C12H8N2Pt. The summed E-state index contributed by atoms with van der Waals surface area (Å²) in [6.45, 7) is 0. The van der Waals surface area contributed by atoms with Gasteiger partial charge < -0.3 is 0 Å². The van der Waals surface area contributed by atoms with Crippen molar-refractivity contribution in [3.63, 3.8) is 0 Å². The molecular weight excluding hydrogens is 367 g/mol. The maximum absolute atomic E-state index is 4.52. The van der Waals surface area contributed by atoms with Crippen molar-refractivity contribution in [1.29, 1.82) is 0 Å². The van der Waals surface area contributed by atoms with E-state index in [4.69, 9.17) is 0 Å². The second-order valence-corrected chi connectivity index (χ2v) is 3.20. The molecule has 0 unspecified atom stereocenters. The first-order valence-electron chi connectivity index (χ1n) is 4.55. The van der Waals surface area contributed by atoms with Crippen molar-refractivity contribution in [2.45, 2.75) is 0 Å². The van der Waals surface area contributed by atoms with Crippen LogP contribution < -0.4 is 0 Å². The van der Waals surface area contributed by atoms with Gasteiger partial charge in [0.15, 0.2) is 0 Å². The van der Waals surface area contributed by atoms with Crippen molar-refractivity contribution in [2.75, 3.05) is 0 Å². The molecule has 0 fully saturated rings. The van der Waals surface area contributed by atoms with Gasteiger partial charge in [0.2, 0.25) is 0 Å². The van der Waals surface area contributed by atoms with E-state index in [9.17, 15) is 0 Å². The summed E-state index contributed by atoms with van der Waals surface area (Å²) in [6.07, 6.45) is 0. The zero-order chi connectivity index (χ0) is 9.38. The van der Waals surface area contributed by atoms with Gasteiger partial charge in [-0.25, -0.2) is 9.97 Å². The molecule has 1 aromatic heterocycles. The first-order chi connectivity index (χ1) is 6.93. The zero-order valence-electron chi connectivity index (χ0n) is 7.83. The van der Waals surface area contributed by atoms with Crippen molar-refractivity contribution >= 4 is 22.1 Å². The summed E-state index contributed by atoms with van der Waals surface area (Å²) in [7, 11) is 0. The maximum Gasteiger partial charge on any atom is 0.0894 e. The first kappa shape index (κ1) is 10.3. The van der Waals surface area contributed by atoms with Crippen LogP contribution in [0, 0.1) is 0 Å². The van der Waals surface area contributed by atoms with Crippen LogP contribution in [0.3, 0.4) is 0 Å². The van der Waals surface area contributed by atoms with Crippen molar-refractivity contribution in [1.82, 2.24) is 9.97 Å². The van der Waals surface area contributed by atoms with Crippen LogP contribution >= 0.6 is 0 Å². The Morgan fingerprint density at radius 3 is 1.07 bits per heavy atom. The molecule has 2 aromatic carbocycles. The summed E-state index contributed by atoms with van der Waals surface area (Å²) >= 11 is 0. The molecule has 0 radical (unpaired) electrons. The van der Waals surface area contributed by atoms with E-state index in [2.05, 4.69) is 9.97 Å². The summed E-state index contributed by atoms with van der Waals surface area (Å²) in [6, 6.07) is 15.8. The Kier molecular flexibility index (Phi) is 2.79. The topological polar surface area (TPSA) is 25.8 Å². The van der Waals surface area contributed by atoms with Gasteiger partial charge in [-0.1, -0.05) is 24.3 Å². The van der Waals surface area contributed by atoms with Crippen LogP contribution in [-0.2, 0) is 21.1 Å². The quantitative estimate of drug-likeness (QED) is 0.565. The van der Waals surface area contributed by atoms with E-state index in [1.165, 1.54) is 0 Å². The second kappa shape index (κ2) is 4.07. The molecule has 0 aliphatic rings. The van der Waals surface area contributed by atoms with E-state index in [-0.39, 0.29) is 21.1 Å². The molecule has 0 aliphatic heterocycles. The number of para-hydroxylation sites is 4. The van der Waals surface area contributed by atoms with Gasteiger partial charge in [0.1, 0.15) is 0 Å². The third kappa shape index (κ3) is 1.78. The Labute approximate surface area is 102 Å². The summed E-state index contributed by atoms with van der Waals surface area (Å²) in [5, 5.41) is 0. The molecule has 0 aliphatic carbocycles. The summed E-state index contributed by atoms with van der Waals surface area (Å²) in [4.78, 5) is 9.03. The number of nitrogens with zero attached hydrogens (tertiary/aromatic N) is 2. The molecule has 0 saturated heterocycles. The van der Waals surface area contributed by atoms with Crippen LogP contribution in [0.5, 0.6) is 0 Å². The number of hydrogen-bond acceptors (Lipinski definition) is 2. The Hall–Kier alpha value is -1.27. The fraction of sp³-hybridized carbons (Fsp3) is 0. The monoisotopic (exact) mass is 375 g/mol. The van der Waals surface area contributed by atoms with E-state index in [0.29, 0.717) is 0 Å². The first-order valence-corrected chi connectivity index (χ1v) is 4.55. The molecule has 2 nitrogen and oxygen atoms in total. The van der Waals surface area contributed by atoms with Crippen LogP contribution in [0.4, 0.5) is 0 Å². The third-order valence-electron chi connectivity index (χ3n) is 2.25. The molecule has 0 saturated carbocycles. The van der Waals surface area contributed by atoms with E-state index in [1.54, 1.807) is 0 Å². The number of rotatable bonds is 0.